The van der Waals surface area contributed by atoms with Crippen molar-refractivity contribution in [2.45, 2.75) is 19.4 Å². The van der Waals surface area contributed by atoms with E-state index in [2.05, 4.69) is 23.7 Å². The second-order valence-electron chi connectivity index (χ2n) is 3.95. The lowest BCUT2D eigenvalue weighted by atomic mass is 10.1. The second-order valence-corrected chi connectivity index (χ2v) is 4.93. The number of nitrogens with one attached hydrogen (secondary N) is 1. The SMILES string of the molecule is CCCNC(c1ccc(F)cc1)c1cccs1. The van der Waals surface area contributed by atoms with Crippen molar-refractivity contribution in [1.82, 2.24) is 5.32 Å². The minimum atomic E-state index is -0.186. The van der Waals surface area contributed by atoms with Crippen LogP contribution in [0.5, 0.6) is 0 Å². The highest BCUT2D eigenvalue weighted by molar-refractivity contribution is 7.10. The Morgan fingerprint density at radius 2 is 2.00 bits per heavy atom. The Morgan fingerprint density at radius 1 is 1.24 bits per heavy atom. The molecule has 17 heavy (non-hydrogen) atoms. The molecule has 0 aliphatic carbocycles. The van der Waals surface area contributed by atoms with Crippen molar-refractivity contribution in [2.75, 3.05) is 6.54 Å². The quantitative estimate of drug-likeness (QED) is 0.845. The standard InChI is InChI=1S/C14H16FNS/c1-2-9-16-14(13-4-3-10-17-13)11-5-7-12(15)8-6-11/h3-8,10,14,16H,2,9H2,1H3. The van der Waals surface area contributed by atoms with E-state index in [0.29, 0.717) is 0 Å². The lowest BCUT2D eigenvalue weighted by Gasteiger charge is -2.17. The summed E-state index contributed by atoms with van der Waals surface area (Å²) in [5.74, 6) is -0.186. The number of benzene rings is 1. The molecular weight excluding hydrogens is 233 g/mol. The Bertz CT molecular complexity index is 436. The highest BCUT2D eigenvalue weighted by atomic mass is 32.1. The van der Waals surface area contributed by atoms with Gasteiger partial charge in [0.1, 0.15) is 5.82 Å². The van der Waals surface area contributed by atoms with E-state index < -0.39 is 0 Å². The van der Waals surface area contributed by atoms with Gasteiger partial charge in [-0.3, -0.25) is 0 Å². The molecule has 0 saturated carbocycles. The maximum Gasteiger partial charge on any atom is 0.123 e. The van der Waals surface area contributed by atoms with Crippen LogP contribution in [0.2, 0.25) is 0 Å². The number of hydrogen-bond acceptors (Lipinski definition) is 2. The van der Waals surface area contributed by atoms with Crippen molar-refractivity contribution >= 4 is 11.3 Å². The second kappa shape index (κ2) is 5.94. The molecule has 0 bridgehead atoms. The molecule has 1 aromatic heterocycles. The lowest BCUT2D eigenvalue weighted by molar-refractivity contribution is 0.599. The van der Waals surface area contributed by atoms with E-state index in [-0.39, 0.29) is 11.9 Å². The normalized spacial score (nSPS) is 12.6. The van der Waals surface area contributed by atoms with Gasteiger partial charge >= 0.3 is 0 Å². The maximum absolute atomic E-state index is 12.9. The Balaban J connectivity index is 2.23. The first-order valence-electron chi connectivity index (χ1n) is 5.83. The number of rotatable bonds is 5. The van der Waals surface area contributed by atoms with Crippen LogP contribution in [-0.4, -0.2) is 6.54 Å². The summed E-state index contributed by atoms with van der Waals surface area (Å²) in [4.78, 5) is 1.27. The van der Waals surface area contributed by atoms with Gasteiger partial charge in [-0.25, -0.2) is 4.39 Å². The zero-order valence-electron chi connectivity index (χ0n) is 9.82. The summed E-state index contributed by atoms with van der Waals surface area (Å²) in [5.41, 5.74) is 1.11. The molecule has 1 unspecified atom stereocenters. The molecule has 0 fully saturated rings. The highest BCUT2D eigenvalue weighted by Gasteiger charge is 2.13. The van der Waals surface area contributed by atoms with E-state index in [9.17, 15) is 4.39 Å². The smallest absolute Gasteiger partial charge is 0.123 e. The Labute approximate surface area is 105 Å². The van der Waals surface area contributed by atoms with Gasteiger partial charge < -0.3 is 5.32 Å². The van der Waals surface area contributed by atoms with Crippen LogP contribution >= 0.6 is 11.3 Å². The Hall–Kier alpha value is -1.19. The van der Waals surface area contributed by atoms with Gasteiger partial charge in [-0.2, -0.15) is 0 Å². The van der Waals surface area contributed by atoms with Gasteiger partial charge in [-0.1, -0.05) is 25.1 Å². The molecule has 1 N–H and O–H groups in total. The molecule has 3 heteroatoms. The maximum atomic E-state index is 12.9. The van der Waals surface area contributed by atoms with Crippen molar-refractivity contribution in [2.24, 2.45) is 0 Å². The molecule has 0 saturated heterocycles. The topological polar surface area (TPSA) is 12.0 Å². The van der Waals surface area contributed by atoms with Crippen LogP contribution in [0.15, 0.2) is 41.8 Å². The van der Waals surface area contributed by atoms with E-state index in [1.54, 1.807) is 11.3 Å². The molecule has 0 radical (unpaired) electrons. The van der Waals surface area contributed by atoms with E-state index in [4.69, 9.17) is 0 Å². The summed E-state index contributed by atoms with van der Waals surface area (Å²) in [5, 5.41) is 5.56. The summed E-state index contributed by atoms with van der Waals surface area (Å²) in [7, 11) is 0. The van der Waals surface area contributed by atoms with E-state index in [1.165, 1.54) is 17.0 Å². The third-order valence-corrected chi connectivity index (χ3v) is 3.57. The van der Waals surface area contributed by atoms with Crippen LogP contribution in [0.1, 0.15) is 29.8 Å². The first kappa shape index (κ1) is 12.3. The van der Waals surface area contributed by atoms with E-state index in [1.807, 2.05) is 18.2 Å². The van der Waals surface area contributed by atoms with Crippen molar-refractivity contribution in [3.05, 3.63) is 58.0 Å². The first-order valence-corrected chi connectivity index (χ1v) is 6.71. The number of halogens is 1. The zero-order chi connectivity index (χ0) is 12.1. The van der Waals surface area contributed by atoms with E-state index in [0.717, 1.165) is 18.5 Å². The van der Waals surface area contributed by atoms with Crippen LogP contribution in [0, 0.1) is 5.82 Å². The molecule has 0 aliphatic heterocycles. The van der Waals surface area contributed by atoms with Crippen LogP contribution in [0.3, 0.4) is 0 Å². The average molecular weight is 249 g/mol. The van der Waals surface area contributed by atoms with Gasteiger partial charge in [0.2, 0.25) is 0 Å². The average Bonchev–Trinajstić information content (AvgIpc) is 2.85. The summed E-state index contributed by atoms with van der Waals surface area (Å²) in [6.07, 6.45) is 1.09. The molecule has 0 aliphatic rings. The molecule has 2 rings (SSSR count). The minimum Gasteiger partial charge on any atom is -0.306 e. The van der Waals surface area contributed by atoms with E-state index >= 15 is 0 Å². The van der Waals surface area contributed by atoms with Crippen molar-refractivity contribution < 1.29 is 4.39 Å². The lowest BCUT2D eigenvalue weighted by Crippen LogP contribution is -2.22. The number of thiophene rings is 1. The molecule has 0 amide bonds. The van der Waals surface area contributed by atoms with Gasteiger partial charge in [-0.15, -0.1) is 11.3 Å². The van der Waals surface area contributed by atoms with Gasteiger partial charge in [0.05, 0.1) is 6.04 Å². The molecule has 1 atom stereocenters. The van der Waals surface area contributed by atoms with Crippen LogP contribution < -0.4 is 5.32 Å². The van der Waals surface area contributed by atoms with Crippen LogP contribution in [0.4, 0.5) is 4.39 Å². The molecular formula is C14H16FNS. The van der Waals surface area contributed by atoms with Gasteiger partial charge in [0.25, 0.3) is 0 Å². The first-order chi connectivity index (χ1) is 8.31. The summed E-state index contributed by atoms with van der Waals surface area (Å²) in [6.45, 7) is 3.10. The Kier molecular flexibility index (Phi) is 4.29. The van der Waals surface area contributed by atoms with Crippen molar-refractivity contribution in [1.29, 1.82) is 0 Å². The minimum absolute atomic E-state index is 0.176. The zero-order valence-corrected chi connectivity index (χ0v) is 10.6. The van der Waals surface area contributed by atoms with Crippen LogP contribution in [-0.2, 0) is 0 Å². The third-order valence-electron chi connectivity index (χ3n) is 2.63. The van der Waals surface area contributed by atoms with Crippen molar-refractivity contribution in [3.8, 4) is 0 Å². The van der Waals surface area contributed by atoms with Gasteiger partial charge in [-0.05, 0) is 42.1 Å². The van der Waals surface area contributed by atoms with Crippen LogP contribution in [0.25, 0.3) is 0 Å². The predicted octanol–water partition coefficient (Wildman–Crippen LogP) is 3.98. The fraction of sp³-hybridized carbons (Fsp3) is 0.286. The summed E-state index contributed by atoms with van der Waals surface area (Å²) < 4.78 is 12.9. The fourth-order valence-corrected chi connectivity index (χ4v) is 2.61. The monoisotopic (exact) mass is 249 g/mol. The molecule has 2 aromatic rings. The predicted molar refractivity (Wildman–Crippen MR) is 70.9 cm³/mol. The molecule has 1 heterocycles. The summed E-state index contributed by atoms with van der Waals surface area (Å²) >= 11 is 1.72. The van der Waals surface area contributed by atoms with Gasteiger partial charge in [0, 0.05) is 4.88 Å². The molecule has 1 nitrogen and oxygen atoms in total. The molecule has 0 spiro atoms. The largest absolute Gasteiger partial charge is 0.306 e. The van der Waals surface area contributed by atoms with Crippen molar-refractivity contribution in [3.63, 3.8) is 0 Å². The Morgan fingerprint density at radius 3 is 2.59 bits per heavy atom. The fourth-order valence-electron chi connectivity index (χ4n) is 1.78. The van der Waals surface area contributed by atoms with Gasteiger partial charge in [0.15, 0.2) is 0 Å². The third kappa shape index (κ3) is 3.14. The molecule has 90 valence electrons. The molecule has 1 aromatic carbocycles. The summed E-state index contributed by atoms with van der Waals surface area (Å²) in [6, 6.07) is 11.1. The highest BCUT2D eigenvalue weighted by Crippen LogP contribution is 2.26. The number of hydrogen-bond donors (Lipinski definition) is 1.